The fourth-order valence-corrected chi connectivity index (χ4v) is 5.06. The Bertz CT molecular complexity index is 1200. The summed E-state index contributed by atoms with van der Waals surface area (Å²) in [5, 5.41) is 12.1. The van der Waals surface area contributed by atoms with Crippen LogP contribution in [0.1, 0.15) is 62.9 Å². The molecule has 0 N–H and O–H groups in total. The molecular formula is C28H40N4O6Si. The molecule has 0 saturated carbocycles. The molecule has 1 aromatic carbocycles. The number of nitro benzene ring substituents is 1. The van der Waals surface area contributed by atoms with Crippen molar-refractivity contribution in [3.8, 4) is 11.5 Å². The quantitative estimate of drug-likeness (QED) is 0.145. The van der Waals surface area contributed by atoms with Gasteiger partial charge in [0.15, 0.2) is 19.8 Å². The summed E-state index contributed by atoms with van der Waals surface area (Å²) in [6.07, 6.45) is 9.23. The van der Waals surface area contributed by atoms with Crippen LogP contribution in [-0.2, 0) is 4.43 Å². The summed E-state index contributed by atoms with van der Waals surface area (Å²) in [6, 6.07) is 2.27. The van der Waals surface area contributed by atoms with Crippen LogP contribution in [0, 0.1) is 10.1 Å². The maximum absolute atomic E-state index is 14.0. The van der Waals surface area contributed by atoms with Gasteiger partial charge in [0.05, 0.1) is 37.4 Å². The molecule has 0 bridgehead atoms. The highest BCUT2D eigenvalue weighted by Crippen LogP contribution is 2.39. The van der Waals surface area contributed by atoms with Gasteiger partial charge in [0, 0.05) is 30.6 Å². The van der Waals surface area contributed by atoms with E-state index in [0.29, 0.717) is 19.6 Å². The highest BCUT2D eigenvalue weighted by molar-refractivity contribution is 6.74. The van der Waals surface area contributed by atoms with Crippen LogP contribution in [0.15, 0.2) is 36.9 Å². The van der Waals surface area contributed by atoms with E-state index in [1.54, 1.807) is 17.3 Å². The molecule has 2 heterocycles. The second-order valence-corrected chi connectivity index (χ2v) is 16.0. The Balaban J connectivity index is 2.00. The third-order valence-corrected chi connectivity index (χ3v) is 12.0. The molecule has 1 atom stereocenters. The maximum Gasteiger partial charge on any atom is 0.286 e. The minimum Gasteiger partial charge on any atom is -0.493 e. The molecule has 1 aliphatic heterocycles. The summed E-state index contributed by atoms with van der Waals surface area (Å²) in [4.78, 5) is 35.4. The molecule has 1 aromatic heterocycles. The Labute approximate surface area is 231 Å². The van der Waals surface area contributed by atoms with Crippen molar-refractivity contribution in [1.29, 1.82) is 0 Å². The Hall–Kier alpha value is -3.31. The van der Waals surface area contributed by atoms with Crippen LogP contribution in [0.4, 0.5) is 5.69 Å². The van der Waals surface area contributed by atoms with Gasteiger partial charge in [-0.3, -0.25) is 14.9 Å². The smallest absolute Gasteiger partial charge is 0.286 e. The Morgan fingerprint density at radius 3 is 2.49 bits per heavy atom. The van der Waals surface area contributed by atoms with Gasteiger partial charge in [-0.25, -0.2) is 9.97 Å². The number of aromatic nitrogens is 2. The molecule has 0 radical (unpaired) electrons. The first kappa shape index (κ1) is 30.2. The summed E-state index contributed by atoms with van der Waals surface area (Å²) in [5.74, 6) is 0.0734. The Kier molecular flexibility index (Phi) is 9.84. The van der Waals surface area contributed by atoms with Crippen molar-refractivity contribution in [2.24, 2.45) is 0 Å². The molecule has 0 aliphatic carbocycles. The van der Waals surface area contributed by atoms with Crippen molar-refractivity contribution < 1.29 is 23.6 Å². The number of carbonyl (C=O) groups excluding carboxylic acids is 1. The molecule has 212 valence electrons. The third kappa shape index (κ3) is 7.21. The summed E-state index contributed by atoms with van der Waals surface area (Å²) in [5.41, 5.74) is 1.53. The maximum atomic E-state index is 14.0. The predicted molar refractivity (Wildman–Crippen MR) is 153 cm³/mol. The van der Waals surface area contributed by atoms with E-state index in [1.807, 2.05) is 13.0 Å². The van der Waals surface area contributed by atoms with Crippen molar-refractivity contribution in [3.05, 3.63) is 58.2 Å². The standard InChI is InChI=1S/C28H40N4O6Si/c1-8-9-12-37-26-15-24(32(34)35)23(14-25(26)36-5)27(33)31-11-10-20(21-16-29-19-30-17-21)13-22(31)18-38-39(6,7)28(2,3)4/h13-17,19,22H,8-12,18H2,1-7H3/t22-/m0/s1. The minimum atomic E-state index is -2.14. The zero-order chi connectivity index (χ0) is 28.8. The monoisotopic (exact) mass is 556 g/mol. The molecule has 1 amide bonds. The van der Waals surface area contributed by atoms with E-state index >= 15 is 0 Å². The number of methoxy groups -OCH3 is 1. The van der Waals surface area contributed by atoms with Crippen molar-refractivity contribution in [1.82, 2.24) is 14.9 Å². The SMILES string of the molecule is CCCCOc1cc([N+](=O)[O-])c(C(=O)N2CCC(c3cncnc3)=C[C@H]2CO[Si](C)(C)C(C)(C)C)cc1OC. The summed E-state index contributed by atoms with van der Waals surface area (Å²) < 4.78 is 17.7. The zero-order valence-electron chi connectivity index (χ0n) is 24.0. The van der Waals surface area contributed by atoms with Crippen LogP contribution >= 0.6 is 0 Å². The number of nitro groups is 1. The van der Waals surface area contributed by atoms with Crippen molar-refractivity contribution in [2.75, 3.05) is 26.9 Å². The molecule has 3 rings (SSSR count). The summed E-state index contributed by atoms with van der Waals surface area (Å²) >= 11 is 0. The van der Waals surface area contributed by atoms with Crippen molar-refractivity contribution in [2.45, 2.75) is 71.1 Å². The number of amides is 1. The number of ether oxygens (including phenoxy) is 2. The van der Waals surface area contributed by atoms with Gasteiger partial charge < -0.3 is 18.8 Å². The largest absolute Gasteiger partial charge is 0.493 e. The molecule has 0 unspecified atom stereocenters. The first-order valence-electron chi connectivity index (χ1n) is 13.3. The van der Waals surface area contributed by atoms with Gasteiger partial charge in [-0.15, -0.1) is 0 Å². The lowest BCUT2D eigenvalue weighted by atomic mass is 9.97. The summed E-state index contributed by atoms with van der Waals surface area (Å²) in [7, 11) is -0.683. The summed E-state index contributed by atoms with van der Waals surface area (Å²) in [6.45, 7) is 13.9. The van der Waals surface area contributed by atoms with Gasteiger partial charge in [0.1, 0.15) is 11.9 Å². The van der Waals surface area contributed by atoms with Gasteiger partial charge in [-0.1, -0.05) is 40.2 Å². The molecule has 2 aromatic rings. The number of benzene rings is 1. The van der Waals surface area contributed by atoms with E-state index in [2.05, 4.69) is 43.8 Å². The molecule has 10 nitrogen and oxygen atoms in total. The van der Waals surface area contributed by atoms with E-state index < -0.39 is 25.2 Å². The van der Waals surface area contributed by atoms with Crippen molar-refractivity contribution >= 4 is 25.5 Å². The lowest BCUT2D eigenvalue weighted by Gasteiger charge is -2.40. The second kappa shape index (κ2) is 12.7. The van der Waals surface area contributed by atoms with E-state index in [1.165, 1.54) is 25.6 Å². The topological polar surface area (TPSA) is 117 Å². The molecule has 39 heavy (non-hydrogen) atoms. The van der Waals surface area contributed by atoms with Gasteiger partial charge in [-0.2, -0.15) is 0 Å². The average Bonchev–Trinajstić information content (AvgIpc) is 2.91. The van der Waals surface area contributed by atoms with E-state index in [-0.39, 0.29) is 34.4 Å². The molecular weight excluding hydrogens is 516 g/mol. The molecule has 0 fully saturated rings. The van der Waals surface area contributed by atoms with Crippen LogP contribution in [0.5, 0.6) is 11.5 Å². The number of carbonyl (C=O) groups is 1. The van der Waals surface area contributed by atoms with Crippen LogP contribution in [-0.4, -0.2) is 66.9 Å². The Morgan fingerprint density at radius 1 is 1.21 bits per heavy atom. The fraction of sp³-hybridized carbons (Fsp3) is 0.536. The van der Waals surface area contributed by atoms with E-state index in [0.717, 1.165) is 24.0 Å². The van der Waals surface area contributed by atoms with Crippen LogP contribution in [0.25, 0.3) is 5.57 Å². The number of unbranched alkanes of at least 4 members (excludes halogenated alkanes) is 1. The minimum absolute atomic E-state index is 0.0178. The predicted octanol–water partition coefficient (Wildman–Crippen LogP) is 5.89. The molecule has 0 spiro atoms. The molecule has 1 aliphatic rings. The van der Waals surface area contributed by atoms with Crippen LogP contribution < -0.4 is 9.47 Å². The third-order valence-electron chi connectivity index (χ3n) is 7.49. The normalized spacial score (nSPS) is 16.0. The van der Waals surface area contributed by atoms with E-state index in [9.17, 15) is 14.9 Å². The number of nitrogens with zero attached hydrogens (tertiary/aromatic N) is 4. The van der Waals surface area contributed by atoms with Gasteiger partial charge in [0.25, 0.3) is 11.6 Å². The van der Waals surface area contributed by atoms with Crippen LogP contribution in [0.3, 0.4) is 0 Å². The average molecular weight is 557 g/mol. The van der Waals surface area contributed by atoms with Gasteiger partial charge in [0.2, 0.25) is 0 Å². The number of hydrogen-bond acceptors (Lipinski definition) is 8. The van der Waals surface area contributed by atoms with Crippen LogP contribution in [0.2, 0.25) is 18.1 Å². The number of hydrogen-bond donors (Lipinski definition) is 0. The molecule has 0 saturated heterocycles. The highest BCUT2D eigenvalue weighted by atomic mass is 28.4. The first-order valence-corrected chi connectivity index (χ1v) is 16.2. The van der Waals surface area contributed by atoms with Gasteiger partial charge >= 0.3 is 0 Å². The fourth-order valence-electron chi connectivity index (χ4n) is 4.04. The first-order chi connectivity index (χ1) is 18.4. The molecule has 11 heteroatoms. The highest BCUT2D eigenvalue weighted by Gasteiger charge is 2.39. The Morgan fingerprint density at radius 2 is 1.90 bits per heavy atom. The second-order valence-electron chi connectivity index (χ2n) is 11.2. The zero-order valence-corrected chi connectivity index (χ0v) is 25.0. The van der Waals surface area contributed by atoms with Crippen molar-refractivity contribution in [3.63, 3.8) is 0 Å². The van der Waals surface area contributed by atoms with Gasteiger partial charge in [-0.05, 0) is 36.5 Å². The lowest BCUT2D eigenvalue weighted by molar-refractivity contribution is -0.385. The lowest BCUT2D eigenvalue weighted by Crippen LogP contribution is -2.49. The number of rotatable bonds is 11. The van der Waals surface area contributed by atoms with E-state index in [4.69, 9.17) is 13.9 Å².